The van der Waals surface area contributed by atoms with Crippen LogP contribution in [0.3, 0.4) is 0 Å². The summed E-state index contributed by atoms with van der Waals surface area (Å²) in [4.78, 5) is 70.1. The molecule has 274 valence electrons. The quantitative estimate of drug-likeness (QED) is 0.0811. The summed E-state index contributed by atoms with van der Waals surface area (Å²) in [5.41, 5.74) is 7.37. The second-order valence-electron chi connectivity index (χ2n) is 13.8. The molecule has 2 rings (SSSR count). The van der Waals surface area contributed by atoms with Gasteiger partial charge in [0, 0.05) is 48.8 Å². The Bertz CT molecular complexity index is 1370. The summed E-state index contributed by atoms with van der Waals surface area (Å²) in [5.74, 6) is -4.77. The Hall–Kier alpha value is -3.45. The zero-order valence-corrected chi connectivity index (χ0v) is 30.1. The van der Waals surface area contributed by atoms with Crippen molar-refractivity contribution in [2.75, 3.05) is 13.2 Å². The summed E-state index contributed by atoms with van der Waals surface area (Å²) in [6, 6.07) is 5.28. The topological polar surface area (TPSA) is 204 Å². The van der Waals surface area contributed by atoms with Crippen molar-refractivity contribution in [2.24, 2.45) is 23.5 Å². The minimum absolute atomic E-state index is 0.0313. The zero-order valence-electron chi connectivity index (χ0n) is 30.1. The first kappa shape index (κ1) is 41.7. The molecule has 0 aliphatic heterocycles. The first-order valence-corrected chi connectivity index (χ1v) is 17.7. The van der Waals surface area contributed by atoms with Gasteiger partial charge >= 0.3 is 0 Å². The van der Waals surface area contributed by atoms with E-state index >= 15 is 0 Å². The third-order valence-electron chi connectivity index (χ3n) is 8.86. The average molecular weight is 686 g/mol. The number of carbonyl (C=O) groups excluding carboxylic acids is 5. The lowest BCUT2D eigenvalue weighted by molar-refractivity contribution is -0.138. The third kappa shape index (κ3) is 13.1. The minimum Gasteiger partial charge on any atom is -0.396 e. The van der Waals surface area contributed by atoms with Crippen LogP contribution in [0.5, 0.6) is 0 Å². The number of H-pyrrole nitrogens is 1. The summed E-state index contributed by atoms with van der Waals surface area (Å²) in [6.07, 6.45) is 3.12. The molecule has 0 saturated carbocycles. The first-order valence-electron chi connectivity index (χ1n) is 17.7. The van der Waals surface area contributed by atoms with Crippen LogP contribution in [-0.4, -0.2) is 87.8 Å². The molecule has 2 aromatic rings. The number of hydrogen-bond acceptors (Lipinski definition) is 9. The van der Waals surface area contributed by atoms with Gasteiger partial charge in [0.2, 0.25) is 11.8 Å². The Morgan fingerprint density at radius 1 is 0.878 bits per heavy atom. The van der Waals surface area contributed by atoms with Gasteiger partial charge in [-0.1, -0.05) is 59.2 Å². The number of aromatic amines is 1. The maximum Gasteiger partial charge on any atom is 0.226 e. The van der Waals surface area contributed by atoms with Crippen molar-refractivity contribution >= 4 is 40.1 Å². The fraction of sp³-hybridized carbons (Fsp3) is 0.649. The second kappa shape index (κ2) is 20.9. The van der Waals surface area contributed by atoms with E-state index < -0.39 is 72.6 Å². The Morgan fingerprint density at radius 2 is 1.57 bits per heavy atom. The molecule has 0 bridgehead atoms. The highest BCUT2D eigenvalue weighted by Gasteiger charge is 2.35. The van der Waals surface area contributed by atoms with Gasteiger partial charge in [0.15, 0.2) is 17.3 Å². The summed E-state index contributed by atoms with van der Waals surface area (Å²) >= 11 is 0. The molecule has 6 atom stereocenters. The van der Waals surface area contributed by atoms with Gasteiger partial charge in [-0.3, -0.25) is 24.0 Å². The summed E-state index contributed by atoms with van der Waals surface area (Å²) < 4.78 is 0. The number of hydrogen-bond donors (Lipinski definition) is 7. The van der Waals surface area contributed by atoms with Crippen molar-refractivity contribution in [3.05, 3.63) is 36.0 Å². The lowest BCUT2D eigenvalue weighted by Gasteiger charge is -2.28. The molecule has 8 N–H and O–H groups in total. The Morgan fingerprint density at radius 3 is 2.16 bits per heavy atom. The summed E-state index contributed by atoms with van der Waals surface area (Å²) in [5, 5.41) is 30.4. The molecule has 0 unspecified atom stereocenters. The number of para-hydroxylation sites is 1. The fourth-order valence-corrected chi connectivity index (χ4v) is 6.04. The highest BCUT2D eigenvalue weighted by atomic mass is 16.3. The van der Waals surface area contributed by atoms with E-state index in [1.807, 2.05) is 51.2 Å². The van der Waals surface area contributed by atoms with Gasteiger partial charge in [-0.15, -0.1) is 0 Å². The van der Waals surface area contributed by atoms with Crippen LogP contribution in [-0.2, 0) is 30.4 Å². The predicted molar refractivity (Wildman–Crippen MR) is 191 cm³/mol. The van der Waals surface area contributed by atoms with Gasteiger partial charge in [-0.05, 0) is 50.3 Å². The minimum atomic E-state index is -1.23. The maximum atomic E-state index is 13.6. The second-order valence-corrected chi connectivity index (χ2v) is 13.8. The highest BCUT2D eigenvalue weighted by molar-refractivity contribution is 5.96. The molecule has 1 heterocycles. The molecular weight excluding hydrogens is 626 g/mol. The molecule has 0 aliphatic carbocycles. The van der Waals surface area contributed by atoms with Crippen molar-refractivity contribution in [3.63, 3.8) is 0 Å². The van der Waals surface area contributed by atoms with Crippen LogP contribution in [0.1, 0.15) is 92.1 Å². The standard InChI is InChI=1S/C37H59N5O7/c1-7-12-32(45)31(17-25-20-39-29-14-9-8-13-27(25)29)41-37(49)28(24(6)44)19-34(47)35(22(2)3)42-36(48)26(21-43)18-33(46)30(40-23(4)5)15-10-11-16-38/h8-9,13-14,20,22-24,26,28,30-31,35,39-40,43-44H,7,10-12,15-19,21,38H2,1-6H3,(H,41,49)(H,42,48)/t24-,26+,28+,30+,31+,35+/m1/s1. The van der Waals surface area contributed by atoms with Crippen LogP contribution in [0.2, 0.25) is 0 Å². The van der Waals surface area contributed by atoms with Gasteiger partial charge < -0.3 is 36.9 Å². The predicted octanol–water partition coefficient (Wildman–Crippen LogP) is 2.72. The van der Waals surface area contributed by atoms with E-state index in [4.69, 9.17) is 5.73 Å². The molecule has 0 aliphatic rings. The Balaban J connectivity index is 2.17. The number of amides is 2. The highest BCUT2D eigenvalue weighted by Crippen LogP contribution is 2.21. The number of rotatable bonds is 24. The normalized spacial score (nSPS) is 15.4. The van der Waals surface area contributed by atoms with E-state index in [0.29, 0.717) is 19.4 Å². The smallest absolute Gasteiger partial charge is 0.226 e. The van der Waals surface area contributed by atoms with Crippen LogP contribution >= 0.6 is 0 Å². The molecule has 12 heteroatoms. The van der Waals surface area contributed by atoms with Crippen LogP contribution in [0, 0.1) is 17.8 Å². The van der Waals surface area contributed by atoms with Gasteiger partial charge in [-0.2, -0.15) is 0 Å². The van der Waals surface area contributed by atoms with E-state index in [2.05, 4.69) is 20.9 Å². The van der Waals surface area contributed by atoms with Gasteiger partial charge in [0.25, 0.3) is 0 Å². The van der Waals surface area contributed by atoms with E-state index in [9.17, 15) is 34.2 Å². The lowest BCUT2D eigenvalue weighted by Crippen LogP contribution is -2.51. The number of carbonyl (C=O) groups is 5. The van der Waals surface area contributed by atoms with Crippen molar-refractivity contribution in [1.82, 2.24) is 20.9 Å². The maximum absolute atomic E-state index is 13.6. The van der Waals surface area contributed by atoms with Crippen molar-refractivity contribution in [2.45, 2.75) is 123 Å². The number of benzene rings is 1. The van der Waals surface area contributed by atoms with Gasteiger partial charge in [-0.25, -0.2) is 0 Å². The van der Waals surface area contributed by atoms with Crippen LogP contribution in [0.4, 0.5) is 0 Å². The molecule has 12 nitrogen and oxygen atoms in total. The van der Waals surface area contributed by atoms with E-state index in [-0.39, 0.29) is 36.9 Å². The van der Waals surface area contributed by atoms with Gasteiger partial charge in [0.1, 0.15) is 0 Å². The average Bonchev–Trinajstić information content (AvgIpc) is 3.46. The van der Waals surface area contributed by atoms with Crippen molar-refractivity contribution in [3.8, 4) is 0 Å². The SMILES string of the molecule is CCCC(=O)[C@H](Cc1c[nH]c2ccccc12)NC(=O)[C@@H](CC(=O)[C@@H](NC(=O)[C@H](CO)CC(=O)[C@H](CCCCN)NC(C)C)C(C)C)[C@@H](C)O. The molecular formula is C37H59N5O7. The number of aromatic nitrogens is 1. The number of unbranched alkanes of at least 4 members (excludes halogenated alkanes) is 1. The van der Waals surface area contributed by atoms with Crippen LogP contribution in [0.15, 0.2) is 30.5 Å². The molecule has 1 aromatic heterocycles. The number of Topliss-reactive ketones (excluding diaryl/α,β-unsaturated/α-hetero) is 3. The number of nitrogens with one attached hydrogen (secondary N) is 4. The number of fused-ring (bicyclic) bond motifs is 1. The molecule has 0 radical (unpaired) electrons. The summed E-state index contributed by atoms with van der Waals surface area (Å²) in [6.45, 7) is 10.5. The number of aliphatic hydroxyl groups is 2. The van der Waals surface area contributed by atoms with E-state index in [1.165, 1.54) is 6.92 Å². The number of aliphatic hydroxyl groups excluding tert-OH is 2. The molecule has 1 aromatic carbocycles. The Kier molecular flexibility index (Phi) is 17.8. The number of ketones is 3. The molecule has 0 fully saturated rings. The first-order chi connectivity index (χ1) is 23.2. The van der Waals surface area contributed by atoms with Crippen molar-refractivity contribution in [1.29, 1.82) is 0 Å². The van der Waals surface area contributed by atoms with Crippen LogP contribution in [0.25, 0.3) is 10.9 Å². The van der Waals surface area contributed by atoms with Gasteiger partial charge in [0.05, 0.1) is 42.7 Å². The number of nitrogens with two attached hydrogens (primary N) is 1. The molecule has 49 heavy (non-hydrogen) atoms. The van der Waals surface area contributed by atoms with Crippen LogP contribution < -0.4 is 21.7 Å². The third-order valence-corrected chi connectivity index (χ3v) is 8.86. The lowest BCUT2D eigenvalue weighted by atomic mass is 9.88. The molecule has 0 spiro atoms. The largest absolute Gasteiger partial charge is 0.396 e. The molecule has 0 saturated heterocycles. The zero-order chi connectivity index (χ0) is 36.7. The summed E-state index contributed by atoms with van der Waals surface area (Å²) in [7, 11) is 0. The van der Waals surface area contributed by atoms with E-state index in [0.717, 1.165) is 29.3 Å². The van der Waals surface area contributed by atoms with E-state index in [1.54, 1.807) is 13.8 Å². The fourth-order valence-electron chi connectivity index (χ4n) is 6.04. The van der Waals surface area contributed by atoms with Crippen molar-refractivity contribution < 1.29 is 34.2 Å². The monoisotopic (exact) mass is 685 g/mol. The molecule has 2 amide bonds. The Labute approximate surface area is 290 Å².